The maximum Gasteiger partial charge on any atom is 0.321 e. The summed E-state index contributed by atoms with van der Waals surface area (Å²) in [7, 11) is -3.91. The van der Waals surface area contributed by atoms with E-state index in [1.165, 1.54) is 12.1 Å². The molecule has 3 aromatic carbocycles. The van der Waals surface area contributed by atoms with Gasteiger partial charge < -0.3 is 14.2 Å². The Hall–Kier alpha value is -3.36. The molecule has 0 amide bonds. The Labute approximate surface area is 187 Å². The minimum absolute atomic E-state index is 0.00829. The Kier molecular flexibility index (Phi) is 6.72. The first-order chi connectivity index (χ1) is 15.5. The first kappa shape index (κ1) is 21.9. The van der Waals surface area contributed by atoms with Crippen molar-refractivity contribution in [1.29, 1.82) is 0 Å². The second kappa shape index (κ2) is 9.84. The summed E-state index contributed by atoms with van der Waals surface area (Å²) < 4.78 is 43.6. The van der Waals surface area contributed by atoms with Crippen LogP contribution in [0.25, 0.3) is 11.1 Å². The van der Waals surface area contributed by atoms with E-state index in [9.17, 15) is 13.2 Å². The van der Waals surface area contributed by atoms with Gasteiger partial charge in [-0.3, -0.25) is 4.79 Å². The van der Waals surface area contributed by atoms with Crippen molar-refractivity contribution in [2.75, 3.05) is 19.8 Å². The van der Waals surface area contributed by atoms with Gasteiger partial charge in [0.05, 0.1) is 18.1 Å². The van der Waals surface area contributed by atoms with Crippen LogP contribution in [0.4, 0.5) is 0 Å². The molecule has 1 aliphatic heterocycles. The number of fused-ring (bicyclic) bond motifs is 1. The fraction of sp³-hybridized carbons (Fsp3) is 0.208. The lowest BCUT2D eigenvalue weighted by atomic mass is 10.0. The first-order valence-electron chi connectivity index (χ1n) is 10.2. The van der Waals surface area contributed by atoms with Gasteiger partial charge in [0.25, 0.3) is 0 Å². The van der Waals surface area contributed by atoms with Gasteiger partial charge in [0.1, 0.15) is 13.2 Å². The van der Waals surface area contributed by atoms with Crippen LogP contribution in [0.1, 0.15) is 12.0 Å². The molecule has 0 saturated heterocycles. The van der Waals surface area contributed by atoms with E-state index in [4.69, 9.17) is 14.2 Å². The molecule has 0 aliphatic carbocycles. The zero-order valence-corrected chi connectivity index (χ0v) is 18.1. The van der Waals surface area contributed by atoms with Crippen molar-refractivity contribution in [3.63, 3.8) is 0 Å². The maximum absolute atomic E-state index is 12.5. The van der Waals surface area contributed by atoms with Gasteiger partial charge in [-0.2, -0.15) is 4.72 Å². The number of carbonyl (C=O) groups excluding carboxylic acids is 1. The van der Waals surface area contributed by atoms with Crippen molar-refractivity contribution in [2.24, 2.45) is 0 Å². The summed E-state index contributed by atoms with van der Waals surface area (Å²) in [4.78, 5) is 12.1. The highest BCUT2D eigenvalue weighted by Crippen LogP contribution is 2.31. The van der Waals surface area contributed by atoms with Crippen LogP contribution in [0.3, 0.4) is 0 Å². The third-order valence-electron chi connectivity index (χ3n) is 4.90. The van der Waals surface area contributed by atoms with E-state index in [0.29, 0.717) is 24.7 Å². The molecule has 1 N–H and O–H groups in total. The van der Waals surface area contributed by atoms with Crippen LogP contribution >= 0.6 is 0 Å². The van der Waals surface area contributed by atoms with E-state index >= 15 is 0 Å². The van der Waals surface area contributed by atoms with Gasteiger partial charge >= 0.3 is 5.97 Å². The van der Waals surface area contributed by atoms with Crippen molar-refractivity contribution in [2.45, 2.75) is 17.9 Å². The summed E-state index contributed by atoms with van der Waals surface area (Å²) >= 11 is 0. The van der Waals surface area contributed by atoms with E-state index in [0.717, 1.165) is 23.1 Å². The summed E-state index contributed by atoms with van der Waals surface area (Å²) in [5.74, 6) is 0.195. The second-order valence-electron chi connectivity index (χ2n) is 7.21. The summed E-state index contributed by atoms with van der Waals surface area (Å²) in [5, 5.41) is 0. The van der Waals surface area contributed by atoms with Gasteiger partial charge in [-0.1, -0.05) is 54.6 Å². The predicted molar refractivity (Wildman–Crippen MR) is 119 cm³/mol. The Morgan fingerprint density at radius 1 is 0.875 bits per heavy atom. The maximum atomic E-state index is 12.5. The average Bonchev–Trinajstić information content (AvgIpc) is 3.07. The average molecular weight is 454 g/mol. The van der Waals surface area contributed by atoms with Crippen molar-refractivity contribution in [3.8, 4) is 22.6 Å². The molecule has 1 aliphatic rings. The Bertz CT molecular complexity index is 1180. The van der Waals surface area contributed by atoms with Crippen molar-refractivity contribution >= 4 is 16.0 Å². The van der Waals surface area contributed by atoms with Crippen LogP contribution in [0.5, 0.6) is 11.5 Å². The molecule has 166 valence electrons. The molecule has 0 bridgehead atoms. The van der Waals surface area contributed by atoms with Crippen LogP contribution in [0, 0.1) is 0 Å². The highest BCUT2D eigenvalue weighted by Gasteiger charge is 2.20. The molecular weight excluding hydrogens is 430 g/mol. The first-order valence-corrected chi connectivity index (χ1v) is 11.7. The molecule has 0 radical (unpaired) electrons. The van der Waals surface area contributed by atoms with E-state index in [2.05, 4.69) is 4.72 Å². The molecule has 0 atom stereocenters. The van der Waals surface area contributed by atoms with Gasteiger partial charge in [-0.15, -0.1) is 0 Å². The minimum Gasteiger partial charge on any atom is -0.490 e. The number of ether oxygens (including phenoxy) is 3. The molecule has 32 heavy (non-hydrogen) atoms. The largest absolute Gasteiger partial charge is 0.490 e. The molecular formula is C24H23NO6S. The number of hydrogen-bond donors (Lipinski definition) is 1. The molecule has 0 saturated carbocycles. The topological polar surface area (TPSA) is 90.9 Å². The zero-order chi connectivity index (χ0) is 22.4. The smallest absolute Gasteiger partial charge is 0.321 e. The van der Waals surface area contributed by atoms with E-state index in [1.807, 2.05) is 54.6 Å². The SMILES string of the molecule is O=C(CNS(=O)(=O)c1ccc2c(c1)OCCCO2)OCc1ccc(-c2ccccc2)cc1. The number of rotatable bonds is 7. The molecule has 0 fully saturated rings. The van der Waals surface area contributed by atoms with Crippen LogP contribution in [0.15, 0.2) is 77.7 Å². The molecule has 0 aromatic heterocycles. The normalized spacial score (nSPS) is 13.2. The van der Waals surface area contributed by atoms with Crippen LogP contribution in [0.2, 0.25) is 0 Å². The van der Waals surface area contributed by atoms with E-state index < -0.39 is 22.5 Å². The third-order valence-corrected chi connectivity index (χ3v) is 6.30. The monoisotopic (exact) mass is 453 g/mol. The van der Waals surface area contributed by atoms with Gasteiger partial charge in [0, 0.05) is 12.5 Å². The van der Waals surface area contributed by atoms with Gasteiger partial charge in [0.2, 0.25) is 10.0 Å². The van der Waals surface area contributed by atoms with Crippen molar-refractivity contribution in [1.82, 2.24) is 4.72 Å². The Balaban J connectivity index is 1.30. The zero-order valence-electron chi connectivity index (χ0n) is 17.3. The van der Waals surface area contributed by atoms with Gasteiger partial charge in [-0.25, -0.2) is 8.42 Å². The Morgan fingerprint density at radius 2 is 1.56 bits per heavy atom. The number of hydrogen-bond acceptors (Lipinski definition) is 6. The summed E-state index contributed by atoms with van der Waals surface area (Å²) in [6.45, 7) is 0.541. The molecule has 0 unspecified atom stereocenters. The highest BCUT2D eigenvalue weighted by atomic mass is 32.2. The number of esters is 1. The van der Waals surface area contributed by atoms with Crippen LogP contribution in [-0.2, 0) is 26.2 Å². The molecule has 4 rings (SSSR count). The molecule has 7 nitrogen and oxygen atoms in total. The lowest BCUT2D eigenvalue weighted by Crippen LogP contribution is -2.30. The van der Waals surface area contributed by atoms with Crippen molar-refractivity contribution < 1.29 is 27.4 Å². The molecule has 8 heteroatoms. The number of carbonyl (C=O) groups is 1. The Morgan fingerprint density at radius 3 is 2.31 bits per heavy atom. The quantitative estimate of drug-likeness (QED) is 0.551. The minimum atomic E-state index is -3.91. The molecule has 0 spiro atoms. The summed E-state index contributed by atoms with van der Waals surface area (Å²) in [6, 6.07) is 21.9. The van der Waals surface area contributed by atoms with Gasteiger partial charge in [0.15, 0.2) is 11.5 Å². The second-order valence-corrected chi connectivity index (χ2v) is 8.97. The number of sulfonamides is 1. The predicted octanol–water partition coefficient (Wildman–Crippen LogP) is 3.54. The highest BCUT2D eigenvalue weighted by molar-refractivity contribution is 7.89. The van der Waals surface area contributed by atoms with Gasteiger partial charge in [-0.05, 0) is 28.8 Å². The summed E-state index contributed by atoms with van der Waals surface area (Å²) in [5.41, 5.74) is 2.97. The lowest BCUT2D eigenvalue weighted by Gasteiger charge is -2.11. The third kappa shape index (κ3) is 5.46. The fourth-order valence-corrected chi connectivity index (χ4v) is 4.17. The number of benzene rings is 3. The van der Waals surface area contributed by atoms with Crippen molar-refractivity contribution in [3.05, 3.63) is 78.4 Å². The molecule has 1 heterocycles. The number of nitrogens with one attached hydrogen (secondary N) is 1. The van der Waals surface area contributed by atoms with Crippen LogP contribution < -0.4 is 14.2 Å². The van der Waals surface area contributed by atoms with Crippen LogP contribution in [-0.4, -0.2) is 34.1 Å². The molecule has 3 aromatic rings. The fourth-order valence-electron chi connectivity index (χ4n) is 3.19. The van der Waals surface area contributed by atoms with E-state index in [1.54, 1.807) is 6.07 Å². The summed E-state index contributed by atoms with van der Waals surface area (Å²) in [6.07, 6.45) is 0.718. The standard InChI is InChI=1S/C24H23NO6S/c26-24(31-17-18-7-9-20(10-8-18)19-5-2-1-3-6-19)16-25-32(27,28)21-11-12-22-23(15-21)30-14-4-13-29-22/h1-3,5-12,15,25H,4,13-14,16-17H2. The van der Waals surface area contributed by atoms with E-state index in [-0.39, 0.29) is 11.5 Å². The lowest BCUT2D eigenvalue weighted by molar-refractivity contribution is -0.143.